The summed E-state index contributed by atoms with van der Waals surface area (Å²) in [6.07, 6.45) is 6.66. The number of hydrogen-bond donors (Lipinski definition) is 2. The minimum Gasteiger partial charge on any atom is -0.395 e. The number of amides is 1. The molecule has 2 N–H and O–H groups in total. The molecule has 100 valence electrons. The van der Waals surface area contributed by atoms with E-state index in [0.717, 1.165) is 0 Å². The fourth-order valence-corrected chi connectivity index (χ4v) is 1.49. The Morgan fingerprint density at radius 3 is 2.80 bits per heavy atom. The number of nitrogens with one attached hydrogen (secondary N) is 1. The molecule has 0 saturated heterocycles. The van der Waals surface area contributed by atoms with Gasteiger partial charge in [-0.3, -0.25) is 14.8 Å². The van der Waals surface area contributed by atoms with Crippen LogP contribution in [-0.2, 0) is 0 Å². The Bertz CT molecular complexity index is 645. The Hall–Kier alpha value is -2.71. The molecule has 5 heteroatoms. The molecule has 2 heterocycles. The molecule has 2 rings (SSSR count). The van der Waals surface area contributed by atoms with Crippen LogP contribution in [0.1, 0.15) is 22.3 Å². The SMILES string of the molecule is O=C(Nc1ccncc1)c1cncc(C#CCCO)c1. The average molecular weight is 267 g/mol. The molecule has 2 aromatic rings. The highest BCUT2D eigenvalue weighted by Crippen LogP contribution is 2.08. The number of carbonyl (C=O) groups is 1. The first-order valence-electron chi connectivity index (χ1n) is 6.06. The molecule has 0 aromatic carbocycles. The van der Waals surface area contributed by atoms with Crippen molar-refractivity contribution >= 4 is 11.6 Å². The van der Waals surface area contributed by atoms with E-state index in [2.05, 4.69) is 27.1 Å². The van der Waals surface area contributed by atoms with E-state index >= 15 is 0 Å². The summed E-state index contributed by atoms with van der Waals surface area (Å²) in [6, 6.07) is 5.07. The lowest BCUT2D eigenvalue weighted by Gasteiger charge is -2.04. The molecule has 0 aliphatic rings. The summed E-state index contributed by atoms with van der Waals surface area (Å²) in [5.41, 5.74) is 1.74. The predicted molar refractivity (Wildman–Crippen MR) is 75.0 cm³/mol. The zero-order valence-corrected chi connectivity index (χ0v) is 10.7. The third-order valence-corrected chi connectivity index (χ3v) is 2.41. The molecule has 0 bridgehead atoms. The van der Waals surface area contributed by atoms with Crippen molar-refractivity contribution in [3.05, 3.63) is 54.1 Å². The van der Waals surface area contributed by atoms with Crippen molar-refractivity contribution in [2.24, 2.45) is 0 Å². The fraction of sp³-hybridized carbons (Fsp3) is 0.133. The molecule has 5 nitrogen and oxygen atoms in total. The first-order chi connectivity index (χ1) is 9.79. The lowest BCUT2D eigenvalue weighted by molar-refractivity contribution is 0.102. The monoisotopic (exact) mass is 267 g/mol. The van der Waals surface area contributed by atoms with Crippen LogP contribution in [0.5, 0.6) is 0 Å². The lowest BCUT2D eigenvalue weighted by atomic mass is 10.2. The minimum atomic E-state index is -0.255. The van der Waals surface area contributed by atoms with Crippen molar-refractivity contribution in [3.63, 3.8) is 0 Å². The maximum atomic E-state index is 12.0. The van der Waals surface area contributed by atoms with Gasteiger partial charge in [0.25, 0.3) is 5.91 Å². The molecule has 0 unspecified atom stereocenters. The van der Waals surface area contributed by atoms with Crippen molar-refractivity contribution < 1.29 is 9.90 Å². The van der Waals surface area contributed by atoms with E-state index in [0.29, 0.717) is 23.2 Å². The van der Waals surface area contributed by atoms with E-state index in [1.165, 1.54) is 6.20 Å². The number of carbonyl (C=O) groups excluding carboxylic acids is 1. The number of aliphatic hydroxyl groups is 1. The summed E-state index contributed by atoms with van der Waals surface area (Å²) in [4.78, 5) is 19.9. The Kier molecular flexibility index (Phi) is 4.81. The Morgan fingerprint density at radius 2 is 2.05 bits per heavy atom. The highest BCUT2D eigenvalue weighted by molar-refractivity contribution is 6.04. The average Bonchev–Trinajstić information content (AvgIpc) is 2.49. The van der Waals surface area contributed by atoms with E-state index in [1.54, 1.807) is 36.8 Å². The first-order valence-corrected chi connectivity index (χ1v) is 6.06. The number of aliphatic hydroxyl groups excluding tert-OH is 1. The second kappa shape index (κ2) is 7.02. The smallest absolute Gasteiger partial charge is 0.257 e. The number of aromatic nitrogens is 2. The van der Waals surface area contributed by atoms with Crippen LogP contribution in [0.15, 0.2) is 43.0 Å². The minimum absolute atomic E-state index is 0.0165. The van der Waals surface area contributed by atoms with Gasteiger partial charge in [-0.05, 0) is 18.2 Å². The van der Waals surface area contributed by atoms with Gasteiger partial charge in [0.2, 0.25) is 0 Å². The van der Waals surface area contributed by atoms with Gasteiger partial charge in [-0.25, -0.2) is 0 Å². The number of pyridine rings is 2. The van der Waals surface area contributed by atoms with Crippen molar-refractivity contribution in [3.8, 4) is 11.8 Å². The summed E-state index contributed by atoms with van der Waals surface area (Å²) >= 11 is 0. The van der Waals surface area contributed by atoms with Gasteiger partial charge in [-0.1, -0.05) is 11.8 Å². The molecule has 2 aromatic heterocycles. The van der Waals surface area contributed by atoms with Gasteiger partial charge in [0, 0.05) is 42.5 Å². The van der Waals surface area contributed by atoms with Gasteiger partial charge < -0.3 is 10.4 Å². The lowest BCUT2D eigenvalue weighted by Crippen LogP contribution is -2.12. The quantitative estimate of drug-likeness (QED) is 0.826. The number of anilines is 1. The van der Waals surface area contributed by atoms with Gasteiger partial charge in [-0.2, -0.15) is 0 Å². The summed E-state index contributed by atoms with van der Waals surface area (Å²) in [7, 11) is 0. The van der Waals surface area contributed by atoms with Gasteiger partial charge in [0.05, 0.1) is 12.2 Å². The molecule has 0 atom stereocenters. The van der Waals surface area contributed by atoms with Crippen molar-refractivity contribution in [2.45, 2.75) is 6.42 Å². The maximum Gasteiger partial charge on any atom is 0.257 e. The molecular formula is C15H13N3O2. The Morgan fingerprint density at radius 1 is 1.25 bits per heavy atom. The summed E-state index contributed by atoms with van der Waals surface area (Å²) in [6.45, 7) is 0.0165. The number of nitrogens with zero attached hydrogens (tertiary/aromatic N) is 2. The number of rotatable bonds is 3. The van der Waals surface area contributed by atoms with Crippen LogP contribution in [0.25, 0.3) is 0 Å². The van der Waals surface area contributed by atoms with E-state index in [1.807, 2.05) is 0 Å². The molecule has 0 saturated carbocycles. The third kappa shape index (κ3) is 3.90. The zero-order valence-electron chi connectivity index (χ0n) is 10.7. The van der Waals surface area contributed by atoms with Gasteiger partial charge in [-0.15, -0.1) is 0 Å². The zero-order chi connectivity index (χ0) is 14.2. The van der Waals surface area contributed by atoms with Gasteiger partial charge in [0.15, 0.2) is 0 Å². The Balaban J connectivity index is 2.11. The second-order valence-electron chi connectivity index (χ2n) is 3.93. The molecule has 0 fully saturated rings. The van der Waals surface area contributed by atoms with Gasteiger partial charge >= 0.3 is 0 Å². The van der Waals surface area contributed by atoms with Crippen LogP contribution < -0.4 is 5.32 Å². The molecule has 0 aliphatic carbocycles. The normalized spacial score (nSPS) is 9.45. The van der Waals surface area contributed by atoms with E-state index in [4.69, 9.17) is 5.11 Å². The topological polar surface area (TPSA) is 75.1 Å². The molecular weight excluding hydrogens is 254 g/mol. The second-order valence-corrected chi connectivity index (χ2v) is 3.93. The standard InChI is InChI=1S/C15H13N3O2/c19-8-2-1-3-12-9-13(11-17-10-12)15(20)18-14-4-6-16-7-5-14/h4-7,9-11,19H,2,8H2,(H,16,18,20). The predicted octanol–water partition coefficient (Wildman–Crippen LogP) is 1.46. The van der Waals surface area contributed by atoms with Crippen LogP contribution in [0.2, 0.25) is 0 Å². The Labute approximate surface area is 116 Å². The van der Waals surface area contributed by atoms with E-state index in [-0.39, 0.29) is 12.5 Å². The molecule has 0 radical (unpaired) electrons. The largest absolute Gasteiger partial charge is 0.395 e. The molecule has 0 aliphatic heterocycles. The van der Waals surface area contributed by atoms with Crippen LogP contribution in [0.3, 0.4) is 0 Å². The van der Waals surface area contributed by atoms with Crippen molar-refractivity contribution in [1.82, 2.24) is 9.97 Å². The molecule has 20 heavy (non-hydrogen) atoms. The summed E-state index contributed by atoms with van der Waals surface area (Å²) < 4.78 is 0. The number of hydrogen-bond acceptors (Lipinski definition) is 4. The van der Waals surface area contributed by atoms with Crippen LogP contribution >= 0.6 is 0 Å². The van der Waals surface area contributed by atoms with Crippen LogP contribution in [-0.4, -0.2) is 27.6 Å². The van der Waals surface area contributed by atoms with E-state index in [9.17, 15) is 4.79 Å². The van der Waals surface area contributed by atoms with Crippen LogP contribution in [0, 0.1) is 11.8 Å². The van der Waals surface area contributed by atoms with E-state index < -0.39 is 0 Å². The van der Waals surface area contributed by atoms with Crippen LogP contribution in [0.4, 0.5) is 5.69 Å². The fourth-order valence-electron chi connectivity index (χ4n) is 1.49. The first kappa shape index (κ1) is 13.7. The molecule has 0 spiro atoms. The van der Waals surface area contributed by atoms with Crippen molar-refractivity contribution in [1.29, 1.82) is 0 Å². The maximum absolute atomic E-state index is 12.0. The highest BCUT2D eigenvalue weighted by Gasteiger charge is 2.06. The third-order valence-electron chi connectivity index (χ3n) is 2.41. The highest BCUT2D eigenvalue weighted by atomic mass is 16.2. The summed E-state index contributed by atoms with van der Waals surface area (Å²) in [5.74, 6) is 5.37. The summed E-state index contributed by atoms with van der Waals surface area (Å²) in [5, 5.41) is 11.4. The van der Waals surface area contributed by atoms with Crippen molar-refractivity contribution in [2.75, 3.05) is 11.9 Å². The molecule has 1 amide bonds. The van der Waals surface area contributed by atoms with Gasteiger partial charge in [0.1, 0.15) is 0 Å².